The van der Waals surface area contributed by atoms with E-state index in [1.165, 1.54) is 41.3 Å². The number of fused-ring (bicyclic) bond motifs is 1. The first-order valence-electron chi connectivity index (χ1n) is 8.06. The molecule has 2 aliphatic carbocycles. The van der Waals surface area contributed by atoms with Crippen LogP contribution in [0.15, 0.2) is 0 Å². The van der Waals surface area contributed by atoms with Crippen LogP contribution in [0.5, 0.6) is 0 Å². The van der Waals surface area contributed by atoms with Crippen molar-refractivity contribution in [2.45, 2.75) is 56.6 Å². The number of aromatic nitrogens is 1. The molecule has 0 bridgehead atoms. The maximum Gasteiger partial charge on any atom is 0.116 e. The lowest BCUT2D eigenvalue weighted by Crippen LogP contribution is -2.55. The van der Waals surface area contributed by atoms with Gasteiger partial charge in [-0.3, -0.25) is 0 Å². The Bertz CT molecular complexity index is 455. The molecule has 0 amide bonds. The zero-order valence-corrected chi connectivity index (χ0v) is 13.9. The molecular formula is C16H26N2O2S. The Morgan fingerprint density at radius 3 is 2.95 bits per heavy atom. The minimum atomic E-state index is -0.111. The van der Waals surface area contributed by atoms with Gasteiger partial charge < -0.3 is 14.8 Å². The summed E-state index contributed by atoms with van der Waals surface area (Å²) in [4.78, 5) is 6.50. The molecule has 2 unspecified atom stereocenters. The van der Waals surface area contributed by atoms with E-state index in [1.54, 1.807) is 7.11 Å². The van der Waals surface area contributed by atoms with Crippen molar-refractivity contribution in [1.82, 2.24) is 10.3 Å². The molecule has 3 rings (SSSR count). The number of ether oxygens (including phenoxy) is 2. The van der Waals surface area contributed by atoms with Gasteiger partial charge in [-0.1, -0.05) is 12.8 Å². The molecule has 0 spiro atoms. The molecule has 1 heterocycles. The molecule has 21 heavy (non-hydrogen) atoms. The van der Waals surface area contributed by atoms with E-state index < -0.39 is 0 Å². The Morgan fingerprint density at radius 2 is 2.19 bits per heavy atom. The van der Waals surface area contributed by atoms with Crippen LogP contribution in [-0.4, -0.2) is 38.5 Å². The summed E-state index contributed by atoms with van der Waals surface area (Å²) < 4.78 is 11.1. The van der Waals surface area contributed by atoms with Crippen molar-refractivity contribution in [1.29, 1.82) is 0 Å². The second-order valence-electron chi connectivity index (χ2n) is 6.10. The number of hydrogen-bond donors (Lipinski definition) is 1. The van der Waals surface area contributed by atoms with Gasteiger partial charge in [0.1, 0.15) is 5.01 Å². The number of aryl methyl sites for hydroxylation is 2. The van der Waals surface area contributed by atoms with E-state index in [1.807, 2.05) is 18.4 Å². The third kappa shape index (κ3) is 2.89. The average Bonchev–Trinajstić information content (AvgIpc) is 3.09. The van der Waals surface area contributed by atoms with Crippen LogP contribution >= 0.6 is 11.3 Å². The van der Waals surface area contributed by atoms with Gasteiger partial charge in [0.15, 0.2) is 0 Å². The van der Waals surface area contributed by atoms with Crippen molar-refractivity contribution in [3.63, 3.8) is 0 Å². The van der Waals surface area contributed by atoms with Gasteiger partial charge in [-0.2, -0.15) is 0 Å². The van der Waals surface area contributed by atoms with Crippen molar-refractivity contribution in [2.24, 2.45) is 0 Å². The lowest BCUT2D eigenvalue weighted by molar-refractivity contribution is -0.0179. The highest BCUT2D eigenvalue weighted by molar-refractivity contribution is 7.12. The minimum absolute atomic E-state index is 0.111. The van der Waals surface area contributed by atoms with Crippen LogP contribution in [0, 0.1) is 0 Å². The molecule has 5 heteroatoms. The first kappa shape index (κ1) is 15.4. The molecule has 2 atom stereocenters. The largest absolute Gasteiger partial charge is 0.383 e. The third-order valence-corrected chi connectivity index (χ3v) is 6.18. The normalized spacial score (nSPS) is 28.8. The van der Waals surface area contributed by atoms with E-state index in [0.717, 1.165) is 32.4 Å². The molecule has 4 nitrogen and oxygen atoms in total. The molecule has 1 saturated carbocycles. The van der Waals surface area contributed by atoms with E-state index in [-0.39, 0.29) is 11.6 Å². The highest BCUT2D eigenvalue weighted by Crippen LogP contribution is 2.42. The summed E-state index contributed by atoms with van der Waals surface area (Å²) in [5.41, 5.74) is 1.23. The van der Waals surface area contributed by atoms with E-state index in [9.17, 15) is 0 Å². The van der Waals surface area contributed by atoms with Gasteiger partial charge in [0.05, 0.1) is 23.9 Å². The Hall–Kier alpha value is -0.490. The Labute approximate surface area is 131 Å². The maximum atomic E-state index is 5.86. The van der Waals surface area contributed by atoms with Gasteiger partial charge in [-0.25, -0.2) is 4.98 Å². The Kier molecular flexibility index (Phi) is 4.94. The summed E-state index contributed by atoms with van der Waals surface area (Å²) in [5, 5.41) is 4.99. The lowest BCUT2D eigenvalue weighted by atomic mass is 9.79. The van der Waals surface area contributed by atoms with Gasteiger partial charge in [0, 0.05) is 25.6 Å². The van der Waals surface area contributed by atoms with E-state index in [2.05, 4.69) is 5.32 Å². The first-order chi connectivity index (χ1) is 10.3. The smallest absolute Gasteiger partial charge is 0.116 e. The van der Waals surface area contributed by atoms with Crippen LogP contribution in [0.25, 0.3) is 0 Å². The van der Waals surface area contributed by atoms with Crippen molar-refractivity contribution >= 4 is 11.3 Å². The van der Waals surface area contributed by atoms with Crippen molar-refractivity contribution in [3.05, 3.63) is 15.6 Å². The molecule has 118 valence electrons. The molecule has 0 radical (unpaired) electrons. The van der Waals surface area contributed by atoms with E-state index >= 15 is 0 Å². The molecule has 1 aromatic rings. The summed E-state index contributed by atoms with van der Waals surface area (Å²) in [6.45, 7) is 1.57. The predicted octanol–water partition coefficient (Wildman–Crippen LogP) is 2.65. The summed E-state index contributed by atoms with van der Waals surface area (Å²) in [7, 11) is 3.59. The Balaban J connectivity index is 1.89. The number of nitrogens with zero attached hydrogens (tertiary/aromatic N) is 1. The first-order valence-corrected chi connectivity index (χ1v) is 8.87. The molecular weight excluding hydrogens is 284 g/mol. The Morgan fingerprint density at radius 1 is 1.29 bits per heavy atom. The molecule has 0 aromatic carbocycles. The second kappa shape index (κ2) is 6.73. The highest BCUT2D eigenvalue weighted by Gasteiger charge is 2.45. The summed E-state index contributed by atoms with van der Waals surface area (Å²) in [6, 6.07) is 0. The number of rotatable bonds is 6. The molecule has 0 saturated heterocycles. The van der Waals surface area contributed by atoms with E-state index in [0.29, 0.717) is 0 Å². The predicted molar refractivity (Wildman–Crippen MR) is 85.0 cm³/mol. The summed E-state index contributed by atoms with van der Waals surface area (Å²) in [6.07, 6.45) is 8.56. The molecule has 1 fully saturated rings. The van der Waals surface area contributed by atoms with Gasteiger partial charge >= 0.3 is 0 Å². The second-order valence-corrected chi connectivity index (χ2v) is 7.19. The number of nitrogens with one attached hydrogen (secondary N) is 1. The number of hydrogen-bond acceptors (Lipinski definition) is 5. The maximum absolute atomic E-state index is 5.86. The molecule has 1 aromatic heterocycles. The molecule has 2 aliphatic rings. The van der Waals surface area contributed by atoms with Gasteiger partial charge in [-0.15, -0.1) is 11.3 Å². The molecule has 0 aliphatic heterocycles. The van der Waals surface area contributed by atoms with Crippen LogP contribution in [-0.2, 0) is 27.9 Å². The lowest BCUT2D eigenvalue weighted by Gasteiger charge is -2.42. The van der Waals surface area contributed by atoms with Crippen molar-refractivity contribution in [2.75, 3.05) is 27.4 Å². The van der Waals surface area contributed by atoms with Crippen molar-refractivity contribution in [3.8, 4) is 0 Å². The van der Waals surface area contributed by atoms with E-state index in [4.69, 9.17) is 14.5 Å². The van der Waals surface area contributed by atoms with Crippen LogP contribution in [0.3, 0.4) is 0 Å². The van der Waals surface area contributed by atoms with Crippen molar-refractivity contribution < 1.29 is 9.47 Å². The number of methoxy groups -OCH3 is 2. The average molecular weight is 310 g/mol. The standard InChI is InChI=1S/C16H26N2O2S/c1-19-11-10-17-16(9-4-3-8-14(16)20-2)15-18-12-6-5-7-13(12)21-15/h14,17H,3-11H2,1-2H3. The summed E-state index contributed by atoms with van der Waals surface area (Å²) >= 11 is 1.91. The highest BCUT2D eigenvalue weighted by atomic mass is 32.1. The summed E-state index contributed by atoms with van der Waals surface area (Å²) in [5.74, 6) is 0. The van der Waals surface area contributed by atoms with Gasteiger partial charge in [-0.05, 0) is 32.1 Å². The third-order valence-electron chi connectivity index (χ3n) is 4.85. The van der Waals surface area contributed by atoms with Crippen LogP contribution < -0.4 is 5.32 Å². The fourth-order valence-corrected chi connectivity index (χ4v) is 5.13. The van der Waals surface area contributed by atoms with Gasteiger partial charge in [0.2, 0.25) is 0 Å². The minimum Gasteiger partial charge on any atom is -0.383 e. The van der Waals surface area contributed by atoms with Crippen LogP contribution in [0.1, 0.15) is 47.7 Å². The quantitative estimate of drug-likeness (QED) is 0.820. The monoisotopic (exact) mass is 310 g/mol. The number of thiazole rings is 1. The van der Waals surface area contributed by atoms with Crippen LogP contribution in [0.2, 0.25) is 0 Å². The topological polar surface area (TPSA) is 43.4 Å². The zero-order chi connectivity index (χ0) is 14.7. The zero-order valence-electron chi connectivity index (χ0n) is 13.1. The fourth-order valence-electron chi connectivity index (χ4n) is 3.74. The van der Waals surface area contributed by atoms with Crippen LogP contribution in [0.4, 0.5) is 0 Å². The SMILES string of the molecule is COCCNC1(c2nc3c(s2)CCC3)CCCCC1OC. The fraction of sp³-hybridized carbons (Fsp3) is 0.812. The molecule has 1 N–H and O–H groups in total. The van der Waals surface area contributed by atoms with Gasteiger partial charge in [0.25, 0.3) is 0 Å².